The number of carbonyl (C=O) groups is 1. The van der Waals surface area contributed by atoms with Crippen LogP contribution in [-0.2, 0) is 4.79 Å². The fourth-order valence-electron chi connectivity index (χ4n) is 1.85. The highest BCUT2D eigenvalue weighted by Crippen LogP contribution is 2.37. The van der Waals surface area contributed by atoms with Crippen LogP contribution in [-0.4, -0.2) is 28.5 Å². The van der Waals surface area contributed by atoms with E-state index in [0.717, 1.165) is 18.7 Å². The molecule has 20 heavy (non-hydrogen) atoms. The third-order valence-corrected chi connectivity index (χ3v) is 3.17. The van der Waals surface area contributed by atoms with Crippen LogP contribution in [0, 0.1) is 5.92 Å². The molecule has 3 N–H and O–H groups in total. The number of hydrogen-bond donors (Lipinski definition) is 3. The Balaban J connectivity index is 1.98. The van der Waals surface area contributed by atoms with E-state index >= 15 is 0 Å². The molecule has 1 atom stereocenters. The summed E-state index contributed by atoms with van der Waals surface area (Å²) in [7, 11) is 0. The van der Waals surface area contributed by atoms with Crippen molar-refractivity contribution in [1.82, 2.24) is 15.3 Å². The first-order chi connectivity index (χ1) is 9.45. The molecule has 1 aromatic rings. The molecule has 1 fully saturated rings. The summed E-state index contributed by atoms with van der Waals surface area (Å²) >= 11 is 0. The first-order valence-electron chi connectivity index (χ1n) is 7.11. The predicted octanol–water partition coefficient (Wildman–Crippen LogP) is 1.22. The molecule has 0 aliphatic heterocycles. The molecule has 1 aromatic heterocycles. The van der Waals surface area contributed by atoms with Gasteiger partial charge in [0.1, 0.15) is 17.7 Å². The number of nitrogens with zero attached hydrogens (tertiary/aromatic N) is 1. The first kappa shape index (κ1) is 14.6. The lowest BCUT2D eigenvalue weighted by Crippen LogP contribution is -2.39. The predicted molar refractivity (Wildman–Crippen MR) is 77.8 cm³/mol. The Hall–Kier alpha value is -1.85. The molecule has 0 saturated heterocycles. The topological polar surface area (TPSA) is 86.9 Å². The minimum atomic E-state index is -0.421. The van der Waals surface area contributed by atoms with Crippen LogP contribution in [0.25, 0.3) is 0 Å². The van der Waals surface area contributed by atoms with Gasteiger partial charge in [-0.05, 0) is 25.7 Å². The lowest BCUT2D eigenvalue weighted by Gasteiger charge is -2.15. The Labute approximate surface area is 118 Å². The van der Waals surface area contributed by atoms with Gasteiger partial charge in [0.25, 0.3) is 5.56 Å². The first-order valence-corrected chi connectivity index (χ1v) is 7.11. The van der Waals surface area contributed by atoms with Crippen molar-refractivity contribution in [2.24, 2.45) is 5.92 Å². The van der Waals surface area contributed by atoms with Gasteiger partial charge in [-0.1, -0.05) is 13.8 Å². The van der Waals surface area contributed by atoms with Crippen molar-refractivity contribution < 1.29 is 4.79 Å². The second kappa shape index (κ2) is 6.07. The zero-order chi connectivity index (χ0) is 14.7. The zero-order valence-corrected chi connectivity index (χ0v) is 12.2. The van der Waals surface area contributed by atoms with E-state index in [1.54, 1.807) is 6.92 Å². The molecule has 110 valence electrons. The van der Waals surface area contributed by atoms with E-state index in [-0.39, 0.29) is 11.5 Å². The highest BCUT2D eigenvalue weighted by molar-refractivity contribution is 5.83. The smallest absolute Gasteiger partial charge is 0.252 e. The van der Waals surface area contributed by atoms with Crippen molar-refractivity contribution >= 4 is 11.7 Å². The molecule has 0 bridgehead atoms. The summed E-state index contributed by atoms with van der Waals surface area (Å²) in [6, 6.07) is 0.966. The lowest BCUT2D eigenvalue weighted by atomic mass is 10.2. The number of nitrogens with one attached hydrogen (secondary N) is 3. The Morgan fingerprint density at radius 2 is 2.15 bits per heavy atom. The summed E-state index contributed by atoms with van der Waals surface area (Å²) in [5.74, 6) is 1.87. The molecule has 0 aromatic carbocycles. The third-order valence-electron chi connectivity index (χ3n) is 3.17. The van der Waals surface area contributed by atoms with Gasteiger partial charge in [0.15, 0.2) is 0 Å². The van der Waals surface area contributed by atoms with E-state index in [0.29, 0.717) is 24.2 Å². The molecule has 0 spiro atoms. The number of H-pyrrole nitrogens is 1. The molecule has 1 heterocycles. The van der Waals surface area contributed by atoms with Crippen LogP contribution >= 0.6 is 0 Å². The van der Waals surface area contributed by atoms with Crippen molar-refractivity contribution in [2.75, 3.05) is 11.9 Å². The molecule has 1 amide bonds. The standard InChI is InChI=1S/C14H22N4O2/c1-8(2)7-15-14(20)9(3)16-11-6-12(19)18-13(17-11)10-4-5-10/h6,8-10H,4-5,7H2,1-3H3,(H,15,20)(H2,16,17,18,19). The van der Waals surface area contributed by atoms with Gasteiger partial charge in [0.2, 0.25) is 5.91 Å². The summed E-state index contributed by atoms with van der Waals surface area (Å²) in [4.78, 5) is 30.6. The number of hydrogen-bond acceptors (Lipinski definition) is 4. The second-order valence-corrected chi connectivity index (χ2v) is 5.80. The maximum Gasteiger partial charge on any atom is 0.252 e. The number of rotatable bonds is 6. The lowest BCUT2D eigenvalue weighted by molar-refractivity contribution is -0.121. The molecule has 2 rings (SSSR count). The maximum atomic E-state index is 11.9. The molecule has 0 radical (unpaired) electrons. The molecule has 1 unspecified atom stereocenters. The van der Waals surface area contributed by atoms with Crippen molar-refractivity contribution in [3.8, 4) is 0 Å². The van der Waals surface area contributed by atoms with Gasteiger partial charge >= 0.3 is 0 Å². The van der Waals surface area contributed by atoms with Crippen molar-refractivity contribution in [2.45, 2.75) is 45.6 Å². The highest BCUT2D eigenvalue weighted by Gasteiger charge is 2.26. The monoisotopic (exact) mass is 278 g/mol. The number of aromatic amines is 1. The second-order valence-electron chi connectivity index (χ2n) is 5.80. The fourth-order valence-corrected chi connectivity index (χ4v) is 1.85. The molecule has 1 saturated carbocycles. The molecule has 1 aliphatic carbocycles. The van der Waals surface area contributed by atoms with Crippen LogP contribution in [0.5, 0.6) is 0 Å². The van der Waals surface area contributed by atoms with Crippen molar-refractivity contribution in [3.05, 3.63) is 22.2 Å². The minimum Gasteiger partial charge on any atom is -0.358 e. The third kappa shape index (κ3) is 4.08. The summed E-state index contributed by atoms with van der Waals surface area (Å²) in [6.45, 7) is 6.48. The van der Waals surface area contributed by atoms with Gasteiger partial charge in [-0.3, -0.25) is 9.59 Å². The number of anilines is 1. The van der Waals surface area contributed by atoms with Crippen LogP contribution in [0.4, 0.5) is 5.82 Å². The van der Waals surface area contributed by atoms with E-state index in [1.807, 2.05) is 13.8 Å². The maximum absolute atomic E-state index is 11.9. The molecular weight excluding hydrogens is 256 g/mol. The van der Waals surface area contributed by atoms with Gasteiger partial charge in [-0.15, -0.1) is 0 Å². The average Bonchev–Trinajstić information content (AvgIpc) is 3.19. The number of carbonyl (C=O) groups excluding carboxylic acids is 1. The Morgan fingerprint density at radius 1 is 1.45 bits per heavy atom. The Morgan fingerprint density at radius 3 is 2.75 bits per heavy atom. The summed E-state index contributed by atoms with van der Waals surface area (Å²) in [6.07, 6.45) is 2.13. The Bertz CT molecular complexity index is 534. The van der Waals surface area contributed by atoms with E-state index in [2.05, 4.69) is 20.6 Å². The van der Waals surface area contributed by atoms with Crippen LogP contribution in [0.2, 0.25) is 0 Å². The highest BCUT2D eigenvalue weighted by atomic mass is 16.2. The van der Waals surface area contributed by atoms with Gasteiger partial charge in [-0.2, -0.15) is 0 Å². The van der Waals surface area contributed by atoms with E-state index < -0.39 is 6.04 Å². The summed E-state index contributed by atoms with van der Waals surface area (Å²) < 4.78 is 0. The fraction of sp³-hybridized carbons (Fsp3) is 0.643. The van der Waals surface area contributed by atoms with E-state index in [9.17, 15) is 9.59 Å². The van der Waals surface area contributed by atoms with E-state index in [1.165, 1.54) is 6.07 Å². The molecular formula is C14H22N4O2. The SMILES string of the molecule is CC(C)CNC(=O)C(C)Nc1cc(=O)[nH]c(C2CC2)n1. The summed E-state index contributed by atoms with van der Waals surface area (Å²) in [5.41, 5.74) is -0.181. The van der Waals surface area contributed by atoms with Gasteiger partial charge in [0, 0.05) is 18.5 Å². The molecule has 6 nitrogen and oxygen atoms in total. The molecule has 6 heteroatoms. The van der Waals surface area contributed by atoms with E-state index in [4.69, 9.17) is 0 Å². The van der Waals surface area contributed by atoms with Gasteiger partial charge < -0.3 is 15.6 Å². The average molecular weight is 278 g/mol. The van der Waals surface area contributed by atoms with Crippen molar-refractivity contribution in [1.29, 1.82) is 0 Å². The summed E-state index contributed by atoms with van der Waals surface area (Å²) in [5, 5.41) is 5.84. The minimum absolute atomic E-state index is 0.0891. The largest absolute Gasteiger partial charge is 0.358 e. The number of amides is 1. The van der Waals surface area contributed by atoms with Crippen LogP contribution in [0.3, 0.4) is 0 Å². The van der Waals surface area contributed by atoms with Gasteiger partial charge in [0.05, 0.1) is 0 Å². The normalized spacial score (nSPS) is 16.0. The van der Waals surface area contributed by atoms with Crippen LogP contribution in [0.15, 0.2) is 10.9 Å². The Kier molecular flexibility index (Phi) is 4.42. The van der Waals surface area contributed by atoms with Gasteiger partial charge in [-0.25, -0.2) is 4.98 Å². The zero-order valence-electron chi connectivity index (χ0n) is 12.2. The molecule has 1 aliphatic rings. The quantitative estimate of drug-likeness (QED) is 0.730. The number of aromatic nitrogens is 2. The van der Waals surface area contributed by atoms with Crippen LogP contribution in [0.1, 0.15) is 45.4 Å². The van der Waals surface area contributed by atoms with Crippen LogP contribution < -0.4 is 16.2 Å². The van der Waals surface area contributed by atoms with Crippen molar-refractivity contribution in [3.63, 3.8) is 0 Å².